The van der Waals surface area contributed by atoms with Crippen molar-refractivity contribution in [1.82, 2.24) is 0 Å². The van der Waals surface area contributed by atoms with Crippen LogP contribution in [0.1, 0.15) is 420 Å². The number of carbonyl (C=O) groups is 4. The molecule has 0 rings (SSSR count). The monoisotopic (exact) mass is 1450 g/mol. The first-order chi connectivity index (χ1) is 47.9. The van der Waals surface area contributed by atoms with Crippen molar-refractivity contribution in [2.24, 2.45) is 11.8 Å². The topological polar surface area (TPSA) is 237 Å². The Balaban J connectivity index is 5.26. The van der Waals surface area contributed by atoms with Gasteiger partial charge in [-0.15, -0.1) is 0 Å². The Labute approximate surface area is 607 Å². The summed E-state index contributed by atoms with van der Waals surface area (Å²) in [5, 5.41) is 10.6. The molecule has 0 fully saturated rings. The number of carbonyl (C=O) groups excluding carboxylic acids is 4. The molecule has 0 aromatic rings. The van der Waals surface area contributed by atoms with Crippen molar-refractivity contribution in [3.8, 4) is 0 Å². The summed E-state index contributed by atoms with van der Waals surface area (Å²) in [7, 11) is -9.92. The van der Waals surface area contributed by atoms with E-state index in [1.807, 2.05) is 0 Å². The summed E-state index contributed by atoms with van der Waals surface area (Å²) in [6.07, 6.45) is 60.8. The number of phosphoric acid groups is 2. The largest absolute Gasteiger partial charge is 0.472 e. The maximum absolute atomic E-state index is 13.1. The molecule has 588 valence electrons. The number of hydrogen-bond acceptors (Lipinski definition) is 15. The third kappa shape index (κ3) is 72.8. The second kappa shape index (κ2) is 71.7. The molecule has 99 heavy (non-hydrogen) atoms. The van der Waals surface area contributed by atoms with Crippen LogP contribution < -0.4 is 0 Å². The van der Waals surface area contributed by atoms with Gasteiger partial charge in [-0.2, -0.15) is 0 Å². The van der Waals surface area contributed by atoms with Gasteiger partial charge in [0.2, 0.25) is 0 Å². The summed E-state index contributed by atoms with van der Waals surface area (Å²) in [4.78, 5) is 73.0. The molecule has 0 radical (unpaired) electrons. The minimum atomic E-state index is -4.96. The van der Waals surface area contributed by atoms with Gasteiger partial charge >= 0.3 is 39.5 Å². The van der Waals surface area contributed by atoms with Crippen LogP contribution in [-0.2, 0) is 65.4 Å². The number of aliphatic hydroxyl groups excluding tert-OH is 1. The fourth-order valence-electron chi connectivity index (χ4n) is 12.3. The van der Waals surface area contributed by atoms with Crippen LogP contribution in [0.25, 0.3) is 0 Å². The fourth-order valence-corrected chi connectivity index (χ4v) is 13.9. The Morgan fingerprint density at radius 2 is 0.515 bits per heavy atom. The molecule has 0 heterocycles. The van der Waals surface area contributed by atoms with Gasteiger partial charge in [-0.25, -0.2) is 9.13 Å². The Morgan fingerprint density at radius 3 is 0.768 bits per heavy atom. The molecule has 3 N–H and O–H groups in total. The quantitative estimate of drug-likeness (QED) is 0.0222. The molecule has 0 aliphatic rings. The molecule has 0 bridgehead atoms. The van der Waals surface area contributed by atoms with E-state index < -0.39 is 97.5 Å². The van der Waals surface area contributed by atoms with Gasteiger partial charge in [-0.3, -0.25) is 37.3 Å². The van der Waals surface area contributed by atoms with E-state index in [0.717, 1.165) is 102 Å². The summed E-state index contributed by atoms with van der Waals surface area (Å²) in [5.74, 6) is -0.479. The summed E-state index contributed by atoms with van der Waals surface area (Å²) in [6.45, 7) is 9.70. The molecule has 0 aliphatic heterocycles. The highest BCUT2D eigenvalue weighted by Gasteiger charge is 2.30. The minimum absolute atomic E-state index is 0.108. The van der Waals surface area contributed by atoms with E-state index in [0.29, 0.717) is 25.7 Å². The lowest BCUT2D eigenvalue weighted by atomic mass is 9.99. The van der Waals surface area contributed by atoms with Crippen LogP contribution in [-0.4, -0.2) is 96.7 Å². The molecule has 0 aromatic carbocycles. The lowest BCUT2D eigenvalue weighted by Crippen LogP contribution is -2.30. The normalized spacial score (nSPS) is 14.2. The van der Waals surface area contributed by atoms with Gasteiger partial charge in [0.25, 0.3) is 0 Å². The molecule has 19 heteroatoms. The van der Waals surface area contributed by atoms with Crippen molar-refractivity contribution in [2.75, 3.05) is 39.6 Å². The molecule has 0 amide bonds. The summed E-state index contributed by atoms with van der Waals surface area (Å²) in [5.41, 5.74) is 0. The van der Waals surface area contributed by atoms with E-state index in [9.17, 15) is 43.2 Å². The number of aliphatic hydroxyl groups is 1. The SMILES string of the molecule is CCCCCCCCCCCCCCCCC(=O)O[C@H](COC(=O)CCCCCCCCCCCCCC)COP(=O)(O)OC[C@H](O)COP(=O)(O)OC[C@@H](COC(=O)CCCCCCCCCCCCCCC(C)C)OC(=O)CCCCCCCCCCCCCCCCC(C)CC. The third-order valence-corrected chi connectivity index (χ3v) is 21.0. The highest BCUT2D eigenvalue weighted by Crippen LogP contribution is 2.45. The van der Waals surface area contributed by atoms with E-state index in [2.05, 4.69) is 41.5 Å². The van der Waals surface area contributed by atoms with Crippen LogP contribution in [0.2, 0.25) is 0 Å². The standard InChI is InChI=1S/C80H156O17P2/c1-7-10-12-14-16-18-20-22-26-34-40-46-52-58-64-79(84)96-75(68-90-77(82)62-56-50-44-38-32-21-19-17-15-13-11-8-2)70-94-98(86,87)92-66-74(81)67-93-99(88,89)95-71-76(69-91-78(83)63-57-51-45-39-33-29-28-30-36-42-48-54-60-72(4)5)97-80(85)65-59-53-47-41-35-27-24-23-25-31-37-43-49-55-61-73(6)9-3/h72-76,81H,7-71H2,1-6H3,(H,86,87)(H,88,89)/t73?,74-,75+,76+/m0/s1. The van der Waals surface area contributed by atoms with Crippen molar-refractivity contribution >= 4 is 39.5 Å². The zero-order valence-corrected chi connectivity index (χ0v) is 66.6. The molecule has 17 nitrogen and oxygen atoms in total. The van der Waals surface area contributed by atoms with Crippen LogP contribution in [0.5, 0.6) is 0 Å². The molecule has 3 unspecified atom stereocenters. The smallest absolute Gasteiger partial charge is 0.462 e. The molecule has 0 spiro atoms. The van der Waals surface area contributed by atoms with Crippen molar-refractivity contribution in [1.29, 1.82) is 0 Å². The van der Waals surface area contributed by atoms with Gasteiger partial charge < -0.3 is 33.8 Å². The van der Waals surface area contributed by atoms with E-state index >= 15 is 0 Å². The Morgan fingerprint density at radius 1 is 0.293 bits per heavy atom. The van der Waals surface area contributed by atoms with Crippen LogP contribution in [0.4, 0.5) is 0 Å². The average molecular weight is 1450 g/mol. The number of rotatable bonds is 79. The first kappa shape index (κ1) is 97.1. The number of hydrogen-bond donors (Lipinski definition) is 3. The first-order valence-electron chi connectivity index (χ1n) is 41.5. The molecule has 6 atom stereocenters. The average Bonchev–Trinajstić information content (AvgIpc) is 1.02. The maximum atomic E-state index is 13.1. The Bertz CT molecular complexity index is 1910. The second-order valence-electron chi connectivity index (χ2n) is 29.5. The van der Waals surface area contributed by atoms with Gasteiger partial charge in [0.15, 0.2) is 12.2 Å². The molecule has 0 aliphatic carbocycles. The van der Waals surface area contributed by atoms with Gasteiger partial charge in [0, 0.05) is 25.7 Å². The lowest BCUT2D eigenvalue weighted by molar-refractivity contribution is -0.161. The number of phosphoric ester groups is 2. The zero-order valence-electron chi connectivity index (χ0n) is 64.8. The van der Waals surface area contributed by atoms with Gasteiger partial charge in [-0.05, 0) is 37.5 Å². The van der Waals surface area contributed by atoms with Crippen LogP contribution >= 0.6 is 15.6 Å². The molecule has 0 saturated heterocycles. The van der Waals surface area contributed by atoms with E-state index in [1.165, 1.54) is 238 Å². The van der Waals surface area contributed by atoms with Crippen LogP contribution in [0, 0.1) is 11.8 Å². The summed E-state index contributed by atoms with van der Waals surface area (Å²) >= 11 is 0. The predicted molar refractivity (Wildman–Crippen MR) is 405 cm³/mol. The van der Waals surface area contributed by atoms with Gasteiger partial charge in [0.1, 0.15) is 19.3 Å². The highest BCUT2D eigenvalue weighted by molar-refractivity contribution is 7.47. The number of unbranched alkanes of at least 4 members (excludes halogenated alkanes) is 48. The zero-order chi connectivity index (χ0) is 72.8. The Kier molecular flexibility index (Phi) is 70.3. The minimum Gasteiger partial charge on any atom is -0.462 e. The van der Waals surface area contributed by atoms with E-state index in [1.54, 1.807) is 0 Å². The van der Waals surface area contributed by atoms with Crippen LogP contribution in [0.15, 0.2) is 0 Å². The molecular weight excluding hydrogens is 1290 g/mol. The highest BCUT2D eigenvalue weighted by atomic mass is 31.2. The van der Waals surface area contributed by atoms with Crippen molar-refractivity contribution < 1.29 is 80.2 Å². The maximum Gasteiger partial charge on any atom is 0.472 e. The summed E-state index contributed by atoms with van der Waals surface area (Å²) < 4.78 is 68.7. The number of ether oxygens (including phenoxy) is 4. The second-order valence-corrected chi connectivity index (χ2v) is 32.4. The van der Waals surface area contributed by atoms with Crippen molar-refractivity contribution in [3.63, 3.8) is 0 Å². The molecular formula is C80H156O17P2. The van der Waals surface area contributed by atoms with Gasteiger partial charge in [0.05, 0.1) is 26.4 Å². The lowest BCUT2D eigenvalue weighted by Gasteiger charge is -2.21. The molecule has 0 saturated carbocycles. The molecule has 0 aromatic heterocycles. The summed E-state index contributed by atoms with van der Waals surface area (Å²) in [6, 6.07) is 0. The van der Waals surface area contributed by atoms with Crippen molar-refractivity contribution in [3.05, 3.63) is 0 Å². The first-order valence-corrected chi connectivity index (χ1v) is 44.5. The Hall–Kier alpha value is -1.94. The van der Waals surface area contributed by atoms with Crippen LogP contribution in [0.3, 0.4) is 0 Å². The van der Waals surface area contributed by atoms with E-state index in [4.69, 9.17) is 37.0 Å². The third-order valence-electron chi connectivity index (χ3n) is 19.1. The fraction of sp³-hybridized carbons (Fsp3) is 0.950. The van der Waals surface area contributed by atoms with Crippen molar-refractivity contribution in [2.45, 2.75) is 439 Å². The van der Waals surface area contributed by atoms with Gasteiger partial charge in [-0.1, -0.05) is 369 Å². The van der Waals surface area contributed by atoms with E-state index in [-0.39, 0.29) is 25.7 Å². The number of esters is 4. The predicted octanol–water partition coefficient (Wildman–Crippen LogP) is 23.9.